The summed E-state index contributed by atoms with van der Waals surface area (Å²) < 4.78 is 28.1. The number of aromatic nitrogens is 1. The Morgan fingerprint density at radius 2 is 1.57 bits per heavy atom. The lowest BCUT2D eigenvalue weighted by Crippen LogP contribution is -2.43. The van der Waals surface area contributed by atoms with Gasteiger partial charge in [-0.1, -0.05) is 72.3 Å². The summed E-state index contributed by atoms with van der Waals surface area (Å²) in [6.07, 6.45) is 1.49. The van der Waals surface area contributed by atoms with Crippen LogP contribution in [0.25, 0.3) is 32.8 Å². The van der Waals surface area contributed by atoms with E-state index in [9.17, 15) is 23.5 Å². The average Bonchev–Trinajstić information content (AvgIpc) is 2.89. The molecule has 2 N–H and O–H groups in total. The zero-order valence-corrected chi connectivity index (χ0v) is 20.0. The van der Waals surface area contributed by atoms with Crippen LogP contribution >= 0.6 is 11.6 Å². The molecule has 0 spiro atoms. The van der Waals surface area contributed by atoms with E-state index in [-0.39, 0.29) is 6.42 Å². The first kappa shape index (κ1) is 24.3. The van der Waals surface area contributed by atoms with Crippen LogP contribution in [-0.2, 0) is 11.2 Å². The summed E-state index contributed by atoms with van der Waals surface area (Å²) in [6.45, 7) is 0. The molecule has 8 heteroatoms. The summed E-state index contributed by atoms with van der Waals surface area (Å²) in [5.74, 6) is -4.64. The molecule has 1 amide bonds. The summed E-state index contributed by atoms with van der Waals surface area (Å²) >= 11 is 6.77. The van der Waals surface area contributed by atoms with Gasteiger partial charge in [0.25, 0.3) is 5.91 Å². The van der Waals surface area contributed by atoms with Gasteiger partial charge in [-0.2, -0.15) is 0 Å². The minimum absolute atomic E-state index is 0.134. The predicted octanol–water partition coefficient (Wildman–Crippen LogP) is 6.41. The minimum Gasteiger partial charge on any atom is -0.480 e. The number of halogens is 3. The Bertz CT molecular complexity index is 1670. The summed E-state index contributed by atoms with van der Waals surface area (Å²) in [4.78, 5) is 29.1. The number of amides is 1. The van der Waals surface area contributed by atoms with Gasteiger partial charge in [0.2, 0.25) is 0 Å². The highest BCUT2D eigenvalue weighted by Crippen LogP contribution is 2.38. The second-order valence-corrected chi connectivity index (χ2v) is 8.86. The van der Waals surface area contributed by atoms with E-state index in [0.717, 1.165) is 40.1 Å². The van der Waals surface area contributed by atoms with Gasteiger partial charge in [-0.3, -0.25) is 9.78 Å². The van der Waals surface area contributed by atoms with Crippen molar-refractivity contribution in [2.45, 2.75) is 12.5 Å². The maximum Gasteiger partial charge on any atom is 0.326 e. The Morgan fingerprint density at radius 3 is 2.32 bits per heavy atom. The third kappa shape index (κ3) is 4.61. The number of benzene rings is 4. The Kier molecular flexibility index (Phi) is 6.54. The first-order valence-electron chi connectivity index (χ1n) is 11.4. The highest BCUT2D eigenvalue weighted by molar-refractivity contribution is 6.38. The molecule has 0 radical (unpaired) electrons. The molecule has 184 valence electrons. The lowest BCUT2D eigenvalue weighted by Gasteiger charge is -2.18. The molecule has 37 heavy (non-hydrogen) atoms. The Hall–Kier alpha value is -4.36. The summed E-state index contributed by atoms with van der Waals surface area (Å²) in [6, 6.07) is 20.3. The predicted molar refractivity (Wildman–Crippen MR) is 139 cm³/mol. The van der Waals surface area contributed by atoms with Crippen molar-refractivity contribution >= 4 is 45.2 Å². The van der Waals surface area contributed by atoms with E-state index in [1.165, 1.54) is 0 Å². The van der Waals surface area contributed by atoms with E-state index < -0.39 is 35.1 Å². The molecular formula is C29H19ClF2N2O3. The van der Waals surface area contributed by atoms with Crippen LogP contribution in [0.5, 0.6) is 0 Å². The number of carboxylic acid groups (broad SMARTS) is 1. The fraction of sp³-hybridized carbons (Fsp3) is 0.0690. The number of rotatable bonds is 6. The minimum atomic E-state index is -1.44. The topological polar surface area (TPSA) is 79.3 Å². The number of carboxylic acids is 1. The van der Waals surface area contributed by atoms with Crippen LogP contribution in [0.1, 0.15) is 15.9 Å². The van der Waals surface area contributed by atoms with Gasteiger partial charge in [-0.15, -0.1) is 0 Å². The molecule has 0 aliphatic heterocycles. The highest BCUT2D eigenvalue weighted by atomic mass is 35.5. The molecule has 0 saturated heterocycles. The van der Waals surface area contributed by atoms with E-state index in [2.05, 4.69) is 10.3 Å². The number of nitrogens with zero attached hydrogens (tertiary/aromatic N) is 1. The van der Waals surface area contributed by atoms with Crippen LogP contribution in [0.4, 0.5) is 8.78 Å². The molecule has 0 saturated carbocycles. The zero-order valence-electron chi connectivity index (χ0n) is 19.2. The number of hydrogen-bond donors (Lipinski definition) is 2. The SMILES string of the molecule is O=C(N[C@@H](Cc1ccc(-c2ccc3ccccc3c2Cl)c2ncccc12)C(=O)O)c1c(F)cccc1F. The molecule has 5 nitrogen and oxygen atoms in total. The summed E-state index contributed by atoms with van der Waals surface area (Å²) in [7, 11) is 0. The van der Waals surface area contributed by atoms with E-state index in [0.29, 0.717) is 21.5 Å². The fourth-order valence-corrected chi connectivity index (χ4v) is 4.77. The van der Waals surface area contributed by atoms with Crippen LogP contribution in [0.15, 0.2) is 85.1 Å². The van der Waals surface area contributed by atoms with Gasteiger partial charge in [0.1, 0.15) is 23.2 Å². The van der Waals surface area contributed by atoms with Crippen LogP contribution in [-0.4, -0.2) is 28.0 Å². The van der Waals surface area contributed by atoms with Gasteiger partial charge in [-0.05, 0) is 29.1 Å². The maximum atomic E-state index is 14.1. The quantitative estimate of drug-likeness (QED) is 0.273. The summed E-state index contributed by atoms with van der Waals surface area (Å²) in [5, 5.41) is 15.1. The van der Waals surface area contributed by atoms with Crippen molar-refractivity contribution in [3.05, 3.63) is 113 Å². The number of hydrogen-bond acceptors (Lipinski definition) is 3. The molecule has 0 aliphatic carbocycles. The standard InChI is InChI=1S/C29H19ClF2N2O3/c30-26-18-6-2-1-5-16(18)10-12-20(26)21-13-11-17(19-7-4-14-33-27(19)21)15-24(29(36)37)34-28(35)25-22(31)8-3-9-23(25)32/h1-14,24H,15H2,(H,34,35)(H,36,37)/t24-/m0/s1. The highest BCUT2D eigenvalue weighted by Gasteiger charge is 2.26. The van der Waals surface area contributed by atoms with Crippen molar-refractivity contribution in [3.8, 4) is 11.1 Å². The molecule has 1 aromatic heterocycles. The van der Waals surface area contributed by atoms with Crippen molar-refractivity contribution in [3.63, 3.8) is 0 Å². The number of aliphatic carboxylic acids is 1. The molecule has 4 aromatic carbocycles. The smallest absolute Gasteiger partial charge is 0.326 e. The molecular weight excluding hydrogens is 498 g/mol. The lowest BCUT2D eigenvalue weighted by atomic mass is 9.94. The number of carbonyl (C=O) groups excluding carboxylic acids is 1. The van der Waals surface area contributed by atoms with Gasteiger partial charge in [0, 0.05) is 34.5 Å². The van der Waals surface area contributed by atoms with Crippen molar-refractivity contribution in [2.24, 2.45) is 0 Å². The van der Waals surface area contributed by atoms with Crippen LogP contribution in [0.2, 0.25) is 5.02 Å². The Morgan fingerprint density at radius 1 is 0.865 bits per heavy atom. The van der Waals surface area contributed by atoms with E-state index in [1.807, 2.05) is 36.4 Å². The third-order valence-corrected chi connectivity index (χ3v) is 6.64. The van der Waals surface area contributed by atoms with Gasteiger partial charge in [-0.25, -0.2) is 13.6 Å². The van der Waals surface area contributed by atoms with Crippen molar-refractivity contribution in [1.82, 2.24) is 10.3 Å². The average molecular weight is 517 g/mol. The van der Waals surface area contributed by atoms with Crippen molar-refractivity contribution in [1.29, 1.82) is 0 Å². The number of carbonyl (C=O) groups is 2. The molecule has 5 aromatic rings. The van der Waals surface area contributed by atoms with E-state index >= 15 is 0 Å². The largest absolute Gasteiger partial charge is 0.480 e. The fourth-order valence-electron chi connectivity index (χ4n) is 4.43. The Labute approximate surface area is 215 Å². The zero-order chi connectivity index (χ0) is 26.1. The van der Waals surface area contributed by atoms with Crippen molar-refractivity contribution in [2.75, 3.05) is 0 Å². The Balaban J connectivity index is 1.53. The van der Waals surface area contributed by atoms with Gasteiger partial charge < -0.3 is 10.4 Å². The second kappa shape index (κ2) is 9.95. The van der Waals surface area contributed by atoms with Crippen LogP contribution in [0.3, 0.4) is 0 Å². The van der Waals surface area contributed by atoms with Crippen molar-refractivity contribution < 1.29 is 23.5 Å². The number of pyridine rings is 1. The molecule has 0 fully saturated rings. The normalized spacial score (nSPS) is 12.0. The van der Waals surface area contributed by atoms with E-state index in [1.54, 1.807) is 30.5 Å². The monoisotopic (exact) mass is 516 g/mol. The molecule has 5 rings (SSSR count). The number of nitrogens with one attached hydrogen (secondary N) is 1. The third-order valence-electron chi connectivity index (χ3n) is 6.23. The molecule has 0 bridgehead atoms. The molecule has 0 unspecified atom stereocenters. The number of fused-ring (bicyclic) bond motifs is 2. The van der Waals surface area contributed by atoms with Gasteiger partial charge >= 0.3 is 5.97 Å². The summed E-state index contributed by atoms with van der Waals surface area (Å²) in [5.41, 5.74) is 1.90. The van der Waals surface area contributed by atoms with E-state index in [4.69, 9.17) is 11.6 Å². The lowest BCUT2D eigenvalue weighted by molar-refractivity contribution is -0.139. The van der Waals surface area contributed by atoms with Crippen LogP contribution in [0, 0.1) is 11.6 Å². The van der Waals surface area contributed by atoms with Crippen LogP contribution < -0.4 is 5.32 Å². The molecule has 0 aliphatic rings. The van der Waals surface area contributed by atoms with Gasteiger partial charge in [0.05, 0.1) is 10.5 Å². The second-order valence-electron chi connectivity index (χ2n) is 8.49. The first-order chi connectivity index (χ1) is 17.8. The van der Waals surface area contributed by atoms with Gasteiger partial charge in [0.15, 0.2) is 0 Å². The maximum absolute atomic E-state index is 14.1. The molecule has 1 atom stereocenters. The first-order valence-corrected chi connectivity index (χ1v) is 11.7. The molecule has 1 heterocycles.